The third kappa shape index (κ3) is 4.08. The summed E-state index contributed by atoms with van der Waals surface area (Å²) >= 11 is 0. The van der Waals surface area contributed by atoms with E-state index in [0.29, 0.717) is 5.69 Å². The van der Waals surface area contributed by atoms with Crippen molar-refractivity contribution in [3.8, 4) is 0 Å². The Morgan fingerprint density at radius 3 is 2.83 bits per heavy atom. The van der Waals surface area contributed by atoms with Crippen LogP contribution in [-0.2, 0) is 16.1 Å². The quantitative estimate of drug-likeness (QED) is 0.770. The molecule has 2 saturated heterocycles. The standard InChI is InChI=1S/C15H24N6O2/c1-19-5-7-20(8-6-19)14(22)11-21-10-12(9-17-21)18-15(23)13-3-2-4-16-13/h9-10,13,16H,2-8,11H2,1H3,(H,18,23). The summed E-state index contributed by atoms with van der Waals surface area (Å²) in [4.78, 5) is 28.4. The number of carbonyl (C=O) groups excluding carboxylic acids is 2. The zero-order chi connectivity index (χ0) is 16.2. The van der Waals surface area contributed by atoms with Crippen LogP contribution in [0.25, 0.3) is 0 Å². The molecule has 0 bridgehead atoms. The van der Waals surface area contributed by atoms with Crippen LogP contribution in [0.1, 0.15) is 12.8 Å². The van der Waals surface area contributed by atoms with Crippen molar-refractivity contribution >= 4 is 17.5 Å². The van der Waals surface area contributed by atoms with E-state index in [1.165, 1.54) is 0 Å². The van der Waals surface area contributed by atoms with Gasteiger partial charge in [0.15, 0.2) is 0 Å². The number of hydrogen-bond acceptors (Lipinski definition) is 5. The molecule has 2 aliphatic heterocycles. The summed E-state index contributed by atoms with van der Waals surface area (Å²) in [5, 5.41) is 10.2. The number of likely N-dealkylation sites (N-methyl/N-ethyl adjacent to an activating group) is 1. The SMILES string of the molecule is CN1CCN(C(=O)Cn2cc(NC(=O)C3CCCN3)cn2)CC1. The summed E-state index contributed by atoms with van der Waals surface area (Å²) in [6.07, 6.45) is 5.18. The molecule has 1 unspecified atom stereocenters. The van der Waals surface area contributed by atoms with Crippen LogP contribution in [0.4, 0.5) is 5.69 Å². The van der Waals surface area contributed by atoms with Gasteiger partial charge in [0.2, 0.25) is 11.8 Å². The predicted molar refractivity (Wildman–Crippen MR) is 86.0 cm³/mol. The zero-order valence-corrected chi connectivity index (χ0v) is 13.5. The number of carbonyl (C=O) groups is 2. The van der Waals surface area contributed by atoms with E-state index in [9.17, 15) is 9.59 Å². The molecule has 8 nitrogen and oxygen atoms in total. The maximum atomic E-state index is 12.3. The molecule has 2 N–H and O–H groups in total. The minimum Gasteiger partial charge on any atom is -0.339 e. The van der Waals surface area contributed by atoms with Crippen molar-refractivity contribution in [2.24, 2.45) is 0 Å². The molecular weight excluding hydrogens is 296 g/mol. The zero-order valence-electron chi connectivity index (χ0n) is 13.5. The van der Waals surface area contributed by atoms with Gasteiger partial charge in [-0.1, -0.05) is 0 Å². The van der Waals surface area contributed by atoms with Gasteiger partial charge in [-0.25, -0.2) is 0 Å². The lowest BCUT2D eigenvalue weighted by atomic mass is 10.2. The maximum absolute atomic E-state index is 12.3. The van der Waals surface area contributed by atoms with Crippen LogP contribution in [0.2, 0.25) is 0 Å². The van der Waals surface area contributed by atoms with E-state index < -0.39 is 0 Å². The second-order valence-corrected chi connectivity index (χ2v) is 6.25. The molecule has 0 aliphatic carbocycles. The molecule has 126 valence electrons. The molecule has 0 aromatic carbocycles. The highest BCUT2D eigenvalue weighted by molar-refractivity contribution is 5.94. The monoisotopic (exact) mass is 320 g/mol. The fourth-order valence-corrected chi connectivity index (χ4v) is 2.95. The highest BCUT2D eigenvalue weighted by Gasteiger charge is 2.23. The van der Waals surface area contributed by atoms with Gasteiger partial charge < -0.3 is 20.4 Å². The van der Waals surface area contributed by atoms with E-state index in [4.69, 9.17) is 0 Å². The van der Waals surface area contributed by atoms with Crippen LogP contribution in [0, 0.1) is 0 Å². The lowest BCUT2D eigenvalue weighted by Gasteiger charge is -2.32. The van der Waals surface area contributed by atoms with E-state index in [-0.39, 0.29) is 24.4 Å². The van der Waals surface area contributed by atoms with Crippen LogP contribution in [0.15, 0.2) is 12.4 Å². The average Bonchev–Trinajstić information content (AvgIpc) is 3.19. The predicted octanol–water partition coefficient (Wildman–Crippen LogP) is -0.652. The summed E-state index contributed by atoms with van der Waals surface area (Å²) in [7, 11) is 2.06. The lowest BCUT2D eigenvalue weighted by molar-refractivity contribution is -0.133. The van der Waals surface area contributed by atoms with E-state index >= 15 is 0 Å². The smallest absolute Gasteiger partial charge is 0.244 e. The first-order chi connectivity index (χ1) is 11.1. The molecule has 1 aromatic rings. The Bertz CT molecular complexity index is 558. The molecule has 1 aromatic heterocycles. The van der Waals surface area contributed by atoms with Gasteiger partial charge in [-0.2, -0.15) is 5.10 Å². The van der Waals surface area contributed by atoms with Gasteiger partial charge in [-0.15, -0.1) is 0 Å². The molecule has 2 aliphatic rings. The Morgan fingerprint density at radius 1 is 1.35 bits per heavy atom. The van der Waals surface area contributed by atoms with Crippen molar-refractivity contribution < 1.29 is 9.59 Å². The molecule has 2 amide bonds. The Morgan fingerprint density at radius 2 is 2.13 bits per heavy atom. The molecule has 23 heavy (non-hydrogen) atoms. The molecule has 3 rings (SSSR count). The second-order valence-electron chi connectivity index (χ2n) is 6.25. The van der Waals surface area contributed by atoms with Crippen LogP contribution < -0.4 is 10.6 Å². The van der Waals surface area contributed by atoms with Gasteiger partial charge >= 0.3 is 0 Å². The normalized spacial score (nSPS) is 22.3. The van der Waals surface area contributed by atoms with Crippen LogP contribution in [-0.4, -0.2) is 77.2 Å². The van der Waals surface area contributed by atoms with Gasteiger partial charge in [0, 0.05) is 32.4 Å². The molecule has 2 fully saturated rings. The number of aromatic nitrogens is 2. The summed E-state index contributed by atoms with van der Waals surface area (Å²) < 4.78 is 1.58. The lowest BCUT2D eigenvalue weighted by Crippen LogP contribution is -2.48. The summed E-state index contributed by atoms with van der Waals surface area (Å²) in [5.74, 6) is 0.0315. The number of hydrogen-bond donors (Lipinski definition) is 2. The molecule has 0 saturated carbocycles. The van der Waals surface area contributed by atoms with Crippen molar-refractivity contribution in [1.29, 1.82) is 0 Å². The summed E-state index contributed by atoms with van der Waals surface area (Å²) in [5.41, 5.74) is 0.634. The van der Waals surface area contributed by atoms with Gasteiger partial charge in [-0.3, -0.25) is 14.3 Å². The second kappa shape index (κ2) is 7.10. The highest BCUT2D eigenvalue weighted by atomic mass is 16.2. The number of nitrogens with one attached hydrogen (secondary N) is 2. The fraction of sp³-hybridized carbons (Fsp3) is 0.667. The van der Waals surface area contributed by atoms with Crippen molar-refractivity contribution in [2.45, 2.75) is 25.4 Å². The number of anilines is 1. The van der Waals surface area contributed by atoms with Crippen LogP contribution >= 0.6 is 0 Å². The third-order valence-electron chi connectivity index (χ3n) is 4.43. The first kappa shape index (κ1) is 15.9. The van der Waals surface area contributed by atoms with E-state index in [1.54, 1.807) is 17.1 Å². The number of piperazine rings is 1. The molecule has 0 spiro atoms. The van der Waals surface area contributed by atoms with Crippen LogP contribution in [0.5, 0.6) is 0 Å². The minimum absolute atomic E-state index is 0.0348. The van der Waals surface area contributed by atoms with E-state index in [2.05, 4.69) is 27.7 Å². The van der Waals surface area contributed by atoms with Crippen molar-refractivity contribution in [2.75, 3.05) is 45.1 Å². The first-order valence-corrected chi connectivity index (χ1v) is 8.15. The van der Waals surface area contributed by atoms with E-state index in [0.717, 1.165) is 45.6 Å². The van der Waals surface area contributed by atoms with Crippen molar-refractivity contribution in [1.82, 2.24) is 24.9 Å². The topological polar surface area (TPSA) is 82.5 Å². The number of amides is 2. The van der Waals surface area contributed by atoms with Gasteiger partial charge in [0.1, 0.15) is 6.54 Å². The molecule has 8 heteroatoms. The van der Waals surface area contributed by atoms with Gasteiger partial charge in [-0.05, 0) is 26.4 Å². The highest BCUT2D eigenvalue weighted by Crippen LogP contribution is 2.10. The van der Waals surface area contributed by atoms with Gasteiger partial charge in [0.05, 0.1) is 17.9 Å². The molecular formula is C15H24N6O2. The Balaban J connectivity index is 1.50. The minimum atomic E-state index is -0.120. The molecule has 3 heterocycles. The maximum Gasteiger partial charge on any atom is 0.244 e. The summed E-state index contributed by atoms with van der Waals surface area (Å²) in [6.45, 7) is 4.42. The summed E-state index contributed by atoms with van der Waals surface area (Å²) in [6, 6.07) is -0.120. The Hall–Kier alpha value is -1.93. The van der Waals surface area contributed by atoms with Crippen molar-refractivity contribution in [3.05, 3.63) is 12.4 Å². The third-order valence-corrected chi connectivity index (χ3v) is 4.43. The van der Waals surface area contributed by atoms with E-state index in [1.807, 2.05) is 4.90 Å². The first-order valence-electron chi connectivity index (χ1n) is 8.15. The number of nitrogens with zero attached hydrogens (tertiary/aromatic N) is 4. The largest absolute Gasteiger partial charge is 0.339 e. The fourth-order valence-electron chi connectivity index (χ4n) is 2.95. The average molecular weight is 320 g/mol. The molecule has 1 atom stereocenters. The molecule has 0 radical (unpaired) electrons. The number of rotatable bonds is 4. The Kier molecular flexibility index (Phi) is 4.92. The Labute approximate surface area is 135 Å². The van der Waals surface area contributed by atoms with Gasteiger partial charge in [0.25, 0.3) is 0 Å². The van der Waals surface area contributed by atoms with Crippen molar-refractivity contribution in [3.63, 3.8) is 0 Å². The van der Waals surface area contributed by atoms with Crippen LogP contribution in [0.3, 0.4) is 0 Å².